The Kier molecular flexibility index (Phi) is 7.62. The highest BCUT2D eigenvalue weighted by Gasteiger charge is 2.44. The Morgan fingerprint density at radius 3 is 2.32 bits per heavy atom. The molecule has 1 heterocycles. The highest BCUT2D eigenvalue weighted by atomic mass is 79.9. The van der Waals surface area contributed by atoms with E-state index in [-0.39, 0.29) is 23.3 Å². The van der Waals surface area contributed by atoms with Crippen LogP contribution in [0.15, 0.2) is 0 Å². The lowest BCUT2D eigenvalue weighted by Gasteiger charge is -2.45. The van der Waals surface area contributed by atoms with E-state index < -0.39 is 13.9 Å². The van der Waals surface area contributed by atoms with E-state index in [4.69, 9.17) is 9.16 Å². The SMILES string of the molecule is CC(C)(C)OC(=O)N1CCC[C@H](O[Si](C)(C)C(C)(C)C)[C@H]1C#CCBr. The topological polar surface area (TPSA) is 38.8 Å². The molecule has 6 heteroatoms. The molecule has 1 aliphatic rings. The summed E-state index contributed by atoms with van der Waals surface area (Å²) in [5.41, 5.74) is -0.516. The molecule has 144 valence electrons. The average Bonchev–Trinajstić information content (AvgIpc) is 2.42. The summed E-state index contributed by atoms with van der Waals surface area (Å²) in [7, 11) is -1.94. The number of hydrogen-bond acceptors (Lipinski definition) is 3. The molecule has 0 aromatic rings. The second kappa shape index (κ2) is 8.45. The number of piperidine rings is 1. The Morgan fingerprint density at radius 2 is 1.84 bits per heavy atom. The number of likely N-dealkylation sites (tertiary alicyclic amines) is 1. The van der Waals surface area contributed by atoms with Crippen LogP contribution in [-0.2, 0) is 9.16 Å². The molecule has 0 aliphatic carbocycles. The molecule has 2 atom stereocenters. The summed E-state index contributed by atoms with van der Waals surface area (Å²) in [5.74, 6) is 6.31. The van der Waals surface area contributed by atoms with Crippen molar-refractivity contribution in [2.75, 3.05) is 11.9 Å². The maximum absolute atomic E-state index is 12.7. The Hall–Kier alpha value is -0.513. The van der Waals surface area contributed by atoms with Crippen LogP contribution in [0.3, 0.4) is 0 Å². The predicted octanol–water partition coefficient (Wildman–Crippen LogP) is 5.17. The van der Waals surface area contributed by atoms with Crippen LogP contribution in [0.1, 0.15) is 54.4 Å². The van der Waals surface area contributed by atoms with Crippen LogP contribution in [0.5, 0.6) is 0 Å². The predicted molar refractivity (Wildman–Crippen MR) is 110 cm³/mol. The van der Waals surface area contributed by atoms with Gasteiger partial charge in [-0.2, -0.15) is 0 Å². The number of carbonyl (C=O) groups excluding carboxylic acids is 1. The van der Waals surface area contributed by atoms with Gasteiger partial charge in [0.1, 0.15) is 11.6 Å². The van der Waals surface area contributed by atoms with Gasteiger partial charge >= 0.3 is 6.09 Å². The fourth-order valence-electron chi connectivity index (χ4n) is 2.48. The van der Waals surface area contributed by atoms with Crippen molar-refractivity contribution in [2.45, 2.75) is 90.3 Å². The zero-order valence-corrected chi connectivity index (χ0v) is 19.6. The minimum atomic E-state index is -1.94. The fourth-order valence-corrected chi connectivity index (χ4v) is 4.00. The number of halogens is 1. The first-order valence-corrected chi connectivity index (χ1v) is 13.0. The molecule has 0 unspecified atom stereocenters. The number of hydrogen-bond donors (Lipinski definition) is 0. The number of nitrogens with zero attached hydrogens (tertiary/aromatic N) is 1. The molecule has 1 saturated heterocycles. The van der Waals surface area contributed by atoms with Crippen molar-refractivity contribution in [3.63, 3.8) is 0 Å². The first kappa shape index (κ1) is 22.5. The van der Waals surface area contributed by atoms with Gasteiger partial charge in [0.15, 0.2) is 8.32 Å². The minimum absolute atomic E-state index is 0.0614. The third-order valence-electron chi connectivity index (χ3n) is 4.77. The smallest absolute Gasteiger partial charge is 0.411 e. The van der Waals surface area contributed by atoms with Crippen LogP contribution in [0.4, 0.5) is 4.79 Å². The molecule has 1 rings (SSSR count). The van der Waals surface area contributed by atoms with E-state index in [0.29, 0.717) is 11.9 Å². The summed E-state index contributed by atoms with van der Waals surface area (Å²) >= 11 is 3.35. The molecule has 0 aromatic heterocycles. The molecule has 0 spiro atoms. The van der Waals surface area contributed by atoms with Crippen molar-refractivity contribution >= 4 is 30.3 Å². The first-order chi connectivity index (χ1) is 11.3. The molecule has 0 N–H and O–H groups in total. The number of amides is 1. The summed E-state index contributed by atoms with van der Waals surface area (Å²) in [6.07, 6.45) is 1.47. The van der Waals surface area contributed by atoms with Crippen molar-refractivity contribution in [3.05, 3.63) is 0 Å². The highest BCUT2D eigenvalue weighted by Crippen LogP contribution is 2.39. The zero-order valence-electron chi connectivity index (χ0n) is 17.0. The molecule has 0 saturated carbocycles. The summed E-state index contributed by atoms with van der Waals surface area (Å²) in [6, 6.07) is -0.254. The van der Waals surface area contributed by atoms with Gasteiger partial charge in [0.05, 0.1) is 11.4 Å². The van der Waals surface area contributed by atoms with Gasteiger partial charge in [0.25, 0.3) is 0 Å². The van der Waals surface area contributed by atoms with Crippen LogP contribution in [0.25, 0.3) is 0 Å². The number of ether oxygens (including phenoxy) is 1. The van der Waals surface area contributed by atoms with Crippen LogP contribution in [0.2, 0.25) is 18.1 Å². The molecule has 0 bridgehead atoms. The van der Waals surface area contributed by atoms with E-state index in [9.17, 15) is 4.79 Å². The third kappa shape index (κ3) is 6.62. The number of rotatable bonds is 2. The average molecular weight is 432 g/mol. The zero-order chi connectivity index (χ0) is 19.5. The summed E-state index contributed by atoms with van der Waals surface area (Å²) in [4.78, 5) is 14.4. The van der Waals surface area contributed by atoms with E-state index in [1.54, 1.807) is 4.90 Å². The summed E-state index contributed by atoms with van der Waals surface area (Å²) < 4.78 is 12.2. The molecule has 4 nitrogen and oxygen atoms in total. The molecule has 1 amide bonds. The number of carbonyl (C=O) groups is 1. The van der Waals surface area contributed by atoms with E-state index in [1.807, 2.05) is 20.8 Å². The van der Waals surface area contributed by atoms with E-state index in [1.165, 1.54) is 0 Å². The van der Waals surface area contributed by atoms with Crippen LogP contribution in [-0.4, -0.2) is 48.9 Å². The molecule has 0 radical (unpaired) electrons. The molecular formula is C19H34BrNO3Si. The summed E-state index contributed by atoms with van der Waals surface area (Å²) in [5, 5.41) is 0.701. The Bertz CT molecular complexity index is 526. The van der Waals surface area contributed by atoms with Crippen LogP contribution in [0, 0.1) is 11.8 Å². The maximum Gasteiger partial charge on any atom is 0.411 e. The second-order valence-corrected chi connectivity index (χ2v) is 14.4. The quantitative estimate of drug-likeness (QED) is 0.343. The van der Waals surface area contributed by atoms with Gasteiger partial charge in [-0.05, 0) is 51.7 Å². The third-order valence-corrected chi connectivity index (χ3v) is 9.56. The molecule has 1 fully saturated rings. The van der Waals surface area contributed by atoms with Crippen molar-refractivity contribution < 1.29 is 14.0 Å². The molecule has 1 aliphatic heterocycles. The highest BCUT2D eigenvalue weighted by molar-refractivity contribution is 9.09. The van der Waals surface area contributed by atoms with Crippen LogP contribution < -0.4 is 0 Å². The monoisotopic (exact) mass is 431 g/mol. The lowest BCUT2D eigenvalue weighted by atomic mass is 10.00. The standard InChI is InChI=1S/C19H34BrNO3Si/c1-18(2,3)23-17(22)21-14-10-12-16(15(21)11-9-13-20)24-25(7,8)19(4,5)6/h15-16H,10,12-14H2,1-8H3/t15-,16+/m1/s1. The molecule has 0 aromatic carbocycles. The van der Waals surface area contributed by atoms with Gasteiger partial charge in [0, 0.05) is 6.54 Å². The lowest BCUT2D eigenvalue weighted by Crippen LogP contribution is -2.56. The molecule has 25 heavy (non-hydrogen) atoms. The summed E-state index contributed by atoms with van der Waals surface area (Å²) in [6.45, 7) is 17.5. The van der Waals surface area contributed by atoms with Crippen molar-refractivity contribution in [3.8, 4) is 11.8 Å². The van der Waals surface area contributed by atoms with Crippen LogP contribution >= 0.6 is 15.9 Å². The largest absolute Gasteiger partial charge is 0.444 e. The van der Waals surface area contributed by atoms with E-state index in [0.717, 1.165) is 12.8 Å². The van der Waals surface area contributed by atoms with Gasteiger partial charge in [0.2, 0.25) is 0 Å². The van der Waals surface area contributed by atoms with Gasteiger partial charge < -0.3 is 9.16 Å². The van der Waals surface area contributed by atoms with Gasteiger partial charge in [-0.25, -0.2) is 4.79 Å². The van der Waals surface area contributed by atoms with Crippen molar-refractivity contribution in [1.29, 1.82) is 0 Å². The normalized spacial score (nSPS) is 22.2. The van der Waals surface area contributed by atoms with E-state index >= 15 is 0 Å². The Balaban J connectivity index is 3.06. The van der Waals surface area contributed by atoms with Crippen molar-refractivity contribution in [1.82, 2.24) is 4.90 Å². The Labute approximate surface area is 163 Å². The first-order valence-electron chi connectivity index (χ1n) is 9.00. The second-order valence-electron chi connectivity index (χ2n) is 9.13. The van der Waals surface area contributed by atoms with E-state index in [2.05, 4.69) is 61.6 Å². The van der Waals surface area contributed by atoms with Gasteiger partial charge in [-0.3, -0.25) is 4.90 Å². The Morgan fingerprint density at radius 1 is 1.24 bits per heavy atom. The van der Waals surface area contributed by atoms with Crippen molar-refractivity contribution in [2.24, 2.45) is 0 Å². The molecular weight excluding hydrogens is 398 g/mol. The lowest BCUT2D eigenvalue weighted by molar-refractivity contribution is -0.00659. The van der Waals surface area contributed by atoms with Gasteiger partial charge in [-0.1, -0.05) is 48.5 Å². The maximum atomic E-state index is 12.7. The minimum Gasteiger partial charge on any atom is -0.444 e. The fraction of sp³-hybridized carbons (Fsp3) is 0.842. The van der Waals surface area contributed by atoms with Gasteiger partial charge in [-0.15, -0.1) is 0 Å². The number of alkyl halides is 1.